The Labute approximate surface area is 165 Å². The number of hydrogen-bond acceptors (Lipinski definition) is 5. The Balaban J connectivity index is 2.17. The first-order valence-electron chi connectivity index (χ1n) is 9.50. The average Bonchev–Trinajstić information content (AvgIpc) is 2.87. The van der Waals surface area contributed by atoms with Crippen molar-refractivity contribution in [1.82, 2.24) is 4.90 Å². The zero-order valence-corrected chi connectivity index (χ0v) is 17.2. The van der Waals surface area contributed by atoms with Gasteiger partial charge in [0, 0.05) is 25.5 Å². The summed E-state index contributed by atoms with van der Waals surface area (Å²) in [6, 6.07) is 5.87. The van der Waals surface area contributed by atoms with E-state index in [-0.39, 0.29) is 18.4 Å². The summed E-state index contributed by atoms with van der Waals surface area (Å²) in [4.78, 5) is 27.6. The molecule has 6 heteroatoms. The smallest absolute Gasteiger partial charge is 0.267 e. The predicted molar refractivity (Wildman–Crippen MR) is 109 cm³/mol. The molecule has 0 aromatic heterocycles. The summed E-state index contributed by atoms with van der Waals surface area (Å²) in [5, 5.41) is 9.17. The van der Waals surface area contributed by atoms with Crippen LogP contribution in [0.3, 0.4) is 0 Å². The molecule has 0 atom stereocenters. The molecule has 5 nitrogen and oxygen atoms in total. The van der Waals surface area contributed by atoms with Gasteiger partial charge in [-0.15, -0.1) is 11.8 Å². The summed E-state index contributed by atoms with van der Waals surface area (Å²) >= 11 is 1.25. The van der Waals surface area contributed by atoms with E-state index >= 15 is 0 Å². The molecule has 1 heterocycles. The number of benzene rings is 1. The van der Waals surface area contributed by atoms with Crippen molar-refractivity contribution in [1.29, 1.82) is 0 Å². The summed E-state index contributed by atoms with van der Waals surface area (Å²) in [6.07, 6.45) is 2.72. The molecule has 1 aliphatic rings. The van der Waals surface area contributed by atoms with Crippen LogP contribution in [0.5, 0.6) is 0 Å². The first kappa shape index (κ1) is 21.7. The van der Waals surface area contributed by atoms with Crippen LogP contribution in [0.1, 0.15) is 42.9 Å². The van der Waals surface area contributed by atoms with Gasteiger partial charge >= 0.3 is 0 Å². The minimum Gasteiger partial charge on any atom is -0.396 e. The van der Waals surface area contributed by atoms with Crippen LogP contribution in [0.25, 0.3) is 5.57 Å². The largest absolute Gasteiger partial charge is 0.396 e. The van der Waals surface area contributed by atoms with Crippen molar-refractivity contribution in [3.05, 3.63) is 39.8 Å². The van der Waals surface area contributed by atoms with E-state index in [2.05, 4.69) is 6.92 Å². The topological polar surface area (TPSA) is 66.8 Å². The highest BCUT2D eigenvalue weighted by Gasteiger charge is 2.39. The molecule has 27 heavy (non-hydrogen) atoms. The van der Waals surface area contributed by atoms with Gasteiger partial charge in [-0.25, -0.2) is 0 Å². The van der Waals surface area contributed by atoms with Gasteiger partial charge in [0.05, 0.1) is 17.1 Å². The number of amides is 2. The average molecular weight is 392 g/mol. The number of rotatable bonds is 11. The fourth-order valence-electron chi connectivity index (χ4n) is 3.04. The van der Waals surface area contributed by atoms with Gasteiger partial charge in [-0.2, -0.15) is 0 Å². The minimum absolute atomic E-state index is 0.0406. The third kappa shape index (κ3) is 5.43. The van der Waals surface area contributed by atoms with E-state index in [1.807, 2.05) is 32.0 Å². The van der Waals surface area contributed by atoms with Crippen molar-refractivity contribution < 1.29 is 19.4 Å². The fourth-order valence-corrected chi connectivity index (χ4v) is 3.91. The molecule has 0 radical (unpaired) electrons. The molecule has 1 N–H and O–H groups in total. The van der Waals surface area contributed by atoms with E-state index < -0.39 is 0 Å². The van der Waals surface area contributed by atoms with Gasteiger partial charge in [-0.05, 0) is 37.8 Å². The lowest BCUT2D eigenvalue weighted by Gasteiger charge is -2.15. The highest BCUT2D eigenvalue weighted by atomic mass is 32.2. The molecule has 0 bridgehead atoms. The number of hydrogen-bond donors (Lipinski definition) is 1. The van der Waals surface area contributed by atoms with Gasteiger partial charge in [-0.1, -0.05) is 37.1 Å². The molecule has 0 saturated heterocycles. The SMILES string of the molecule is CCCCOCCCN1C(=O)C(SCCO)=C(c2ccc(C)cc2C)C1=O. The van der Waals surface area contributed by atoms with Crippen molar-refractivity contribution in [2.45, 2.75) is 40.0 Å². The molecule has 0 fully saturated rings. The van der Waals surface area contributed by atoms with Crippen LogP contribution in [0.2, 0.25) is 0 Å². The second-order valence-electron chi connectivity index (χ2n) is 6.68. The van der Waals surface area contributed by atoms with Gasteiger partial charge in [0.1, 0.15) is 0 Å². The Morgan fingerprint density at radius 1 is 1.11 bits per heavy atom. The molecular weight excluding hydrogens is 362 g/mol. The van der Waals surface area contributed by atoms with Crippen molar-refractivity contribution >= 4 is 29.1 Å². The third-order valence-electron chi connectivity index (χ3n) is 4.43. The molecular formula is C21H29NO4S. The molecule has 0 spiro atoms. The molecule has 148 valence electrons. The number of aliphatic hydroxyl groups is 1. The van der Waals surface area contributed by atoms with Gasteiger partial charge in [0.25, 0.3) is 11.8 Å². The van der Waals surface area contributed by atoms with Crippen LogP contribution in [-0.4, -0.2) is 53.9 Å². The third-order valence-corrected chi connectivity index (χ3v) is 5.48. The number of aryl methyl sites for hydroxylation is 2. The van der Waals surface area contributed by atoms with E-state index in [1.54, 1.807) is 0 Å². The van der Waals surface area contributed by atoms with Crippen molar-refractivity contribution in [2.75, 3.05) is 32.1 Å². The molecule has 0 saturated carbocycles. The Morgan fingerprint density at radius 3 is 2.52 bits per heavy atom. The Hall–Kier alpha value is -1.63. The molecule has 1 aromatic rings. The van der Waals surface area contributed by atoms with E-state index in [1.165, 1.54) is 16.7 Å². The summed E-state index contributed by atoms with van der Waals surface area (Å²) in [6.45, 7) is 7.61. The number of thioether (sulfide) groups is 1. The lowest BCUT2D eigenvalue weighted by atomic mass is 9.99. The molecule has 0 unspecified atom stereocenters. The molecule has 2 rings (SSSR count). The monoisotopic (exact) mass is 391 g/mol. The Kier molecular flexibility index (Phi) is 8.54. The predicted octanol–water partition coefficient (Wildman–Crippen LogP) is 3.32. The summed E-state index contributed by atoms with van der Waals surface area (Å²) in [5.74, 6) is -0.126. The van der Waals surface area contributed by atoms with E-state index in [4.69, 9.17) is 9.84 Å². The zero-order chi connectivity index (χ0) is 19.8. The van der Waals surface area contributed by atoms with Crippen molar-refractivity contribution in [3.63, 3.8) is 0 Å². The number of imide groups is 1. The molecule has 0 aliphatic carbocycles. The lowest BCUT2D eigenvalue weighted by molar-refractivity contribution is -0.136. The van der Waals surface area contributed by atoms with Gasteiger partial charge in [-0.3, -0.25) is 14.5 Å². The van der Waals surface area contributed by atoms with E-state index in [0.29, 0.717) is 42.4 Å². The normalized spacial score (nSPS) is 14.6. The summed E-state index contributed by atoms with van der Waals surface area (Å²) < 4.78 is 5.54. The minimum atomic E-state index is -0.262. The zero-order valence-electron chi connectivity index (χ0n) is 16.4. The van der Waals surface area contributed by atoms with E-state index in [0.717, 1.165) is 29.5 Å². The van der Waals surface area contributed by atoms with Crippen LogP contribution >= 0.6 is 11.8 Å². The highest BCUT2D eigenvalue weighted by molar-refractivity contribution is 8.04. The number of nitrogens with zero attached hydrogens (tertiary/aromatic N) is 1. The van der Waals surface area contributed by atoms with Gasteiger partial charge in [0.2, 0.25) is 0 Å². The summed E-state index contributed by atoms with van der Waals surface area (Å²) in [5.41, 5.74) is 3.33. The van der Waals surface area contributed by atoms with Crippen molar-refractivity contribution in [3.8, 4) is 0 Å². The Morgan fingerprint density at radius 2 is 1.85 bits per heavy atom. The maximum absolute atomic E-state index is 13.0. The lowest BCUT2D eigenvalue weighted by Crippen LogP contribution is -2.33. The van der Waals surface area contributed by atoms with Crippen LogP contribution in [0.15, 0.2) is 23.1 Å². The number of unbranched alkanes of at least 4 members (excludes halogenated alkanes) is 1. The van der Waals surface area contributed by atoms with Crippen LogP contribution < -0.4 is 0 Å². The second-order valence-corrected chi connectivity index (χ2v) is 7.78. The van der Waals surface area contributed by atoms with Crippen LogP contribution in [0, 0.1) is 13.8 Å². The fraction of sp³-hybridized carbons (Fsp3) is 0.524. The number of aliphatic hydroxyl groups excluding tert-OH is 1. The molecule has 1 aliphatic heterocycles. The van der Waals surface area contributed by atoms with Gasteiger partial charge < -0.3 is 9.84 Å². The van der Waals surface area contributed by atoms with E-state index in [9.17, 15) is 9.59 Å². The highest BCUT2D eigenvalue weighted by Crippen LogP contribution is 2.37. The number of carbonyl (C=O) groups excluding carboxylic acids is 2. The second kappa shape index (κ2) is 10.6. The first-order valence-corrected chi connectivity index (χ1v) is 10.5. The first-order chi connectivity index (χ1) is 13.0. The van der Waals surface area contributed by atoms with Crippen LogP contribution in [-0.2, 0) is 14.3 Å². The maximum atomic E-state index is 13.0. The molecule has 1 aromatic carbocycles. The Bertz CT molecular complexity index is 714. The number of ether oxygens (including phenoxy) is 1. The quantitative estimate of drug-likeness (QED) is 0.463. The van der Waals surface area contributed by atoms with Gasteiger partial charge in [0.15, 0.2) is 0 Å². The molecule has 2 amide bonds. The van der Waals surface area contributed by atoms with Crippen LogP contribution in [0.4, 0.5) is 0 Å². The number of carbonyl (C=O) groups is 2. The standard InChI is InChI=1S/C21H29NO4S/c1-4-5-11-26-12-6-9-22-20(24)18(19(21(22)25)27-13-10-23)17-8-7-15(2)14-16(17)3/h7-8,14,23H,4-6,9-13H2,1-3H3. The summed E-state index contributed by atoms with van der Waals surface area (Å²) in [7, 11) is 0. The maximum Gasteiger partial charge on any atom is 0.267 e. The van der Waals surface area contributed by atoms with Crippen molar-refractivity contribution in [2.24, 2.45) is 0 Å².